The molecule has 0 unspecified atom stereocenters. The molecule has 0 aliphatic carbocycles. The van der Waals surface area contributed by atoms with Crippen molar-refractivity contribution in [3.63, 3.8) is 0 Å². The average Bonchev–Trinajstić information content (AvgIpc) is 2.59. The van der Waals surface area contributed by atoms with Gasteiger partial charge in [-0.15, -0.1) is 0 Å². The Morgan fingerprint density at radius 3 is 2.33 bits per heavy atom. The Morgan fingerprint density at radius 2 is 1.75 bits per heavy atom. The number of anilines is 2. The number of para-hydroxylation sites is 1. The Morgan fingerprint density at radius 1 is 1.17 bits per heavy atom. The Hall–Kier alpha value is -1.85. The third-order valence-corrected chi connectivity index (χ3v) is 4.80. The van der Waals surface area contributed by atoms with Gasteiger partial charge in [-0.3, -0.25) is 4.79 Å². The molecule has 0 bridgehead atoms. The van der Waals surface area contributed by atoms with Crippen molar-refractivity contribution in [2.24, 2.45) is 5.92 Å². The second-order valence-corrected chi connectivity index (χ2v) is 6.81. The summed E-state index contributed by atoms with van der Waals surface area (Å²) < 4.78 is 0. The molecule has 5 nitrogen and oxygen atoms in total. The van der Waals surface area contributed by atoms with Gasteiger partial charge < -0.3 is 10.2 Å². The zero-order valence-electron chi connectivity index (χ0n) is 13.3. The normalized spacial score (nSPS) is 15.4. The quantitative estimate of drug-likeness (QED) is 0.876. The number of carbonyl (C=O) groups excluding carboxylic acids is 1. The first kappa shape index (κ1) is 17.0. The second kappa shape index (κ2) is 7.36. The highest BCUT2D eigenvalue weighted by Gasteiger charge is 2.22. The molecule has 1 fully saturated rings. The van der Waals surface area contributed by atoms with Crippen LogP contribution in [-0.4, -0.2) is 33.9 Å². The van der Waals surface area contributed by atoms with Crippen molar-refractivity contribution in [1.82, 2.24) is 14.9 Å². The maximum atomic E-state index is 12.5. The fourth-order valence-corrected chi connectivity index (χ4v) is 3.12. The highest BCUT2D eigenvalue weighted by Crippen LogP contribution is 2.31. The number of nitrogens with zero attached hydrogens (tertiary/aromatic N) is 3. The third kappa shape index (κ3) is 3.79. The van der Waals surface area contributed by atoms with E-state index in [1.54, 1.807) is 18.2 Å². The van der Waals surface area contributed by atoms with E-state index in [9.17, 15) is 4.79 Å². The number of hydrogen-bond donors (Lipinski definition) is 1. The van der Waals surface area contributed by atoms with Crippen LogP contribution < -0.4 is 5.32 Å². The van der Waals surface area contributed by atoms with Gasteiger partial charge in [0.2, 0.25) is 5.95 Å². The van der Waals surface area contributed by atoms with Crippen LogP contribution in [0, 0.1) is 5.92 Å². The number of rotatable bonds is 3. The van der Waals surface area contributed by atoms with E-state index in [1.807, 2.05) is 4.90 Å². The average molecular weight is 365 g/mol. The predicted octanol–water partition coefficient (Wildman–Crippen LogP) is 4.40. The maximum Gasteiger partial charge on any atom is 0.256 e. The van der Waals surface area contributed by atoms with Crippen LogP contribution in [0.3, 0.4) is 0 Å². The van der Waals surface area contributed by atoms with Gasteiger partial charge >= 0.3 is 0 Å². The molecule has 24 heavy (non-hydrogen) atoms. The molecule has 0 atom stereocenters. The third-order valence-electron chi connectivity index (χ3n) is 4.17. The zero-order valence-corrected chi connectivity index (χ0v) is 14.8. The number of amides is 1. The lowest BCUT2D eigenvalue weighted by atomic mass is 9.99. The van der Waals surface area contributed by atoms with Crippen LogP contribution in [0.25, 0.3) is 0 Å². The minimum atomic E-state index is -0.0239. The maximum absolute atomic E-state index is 12.5. The van der Waals surface area contributed by atoms with Gasteiger partial charge in [0, 0.05) is 25.5 Å². The lowest BCUT2D eigenvalue weighted by Crippen LogP contribution is -2.38. The number of likely N-dealkylation sites (tertiary alicyclic amines) is 1. The van der Waals surface area contributed by atoms with Crippen LogP contribution in [0.4, 0.5) is 11.6 Å². The Labute approximate surface area is 151 Å². The molecule has 1 amide bonds. The van der Waals surface area contributed by atoms with E-state index in [0.29, 0.717) is 33.2 Å². The molecule has 1 aliphatic heterocycles. The minimum absolute atomic E-state index is 0.0239. The molecule has 1 aromatic heterocycles. The summed E-state index contributed by atoms with van der Waals surface area (Å²) in [5.74, 6) is 0.996. The van der Waals surface area contributed by atoms with Crippen LogP contribution in [0.5, 0.6) is 0 Å². The molecule has 1 aromatic carbocycles. The summed E-state index contributed by atoms with van der Waals surface area (Å²) >= 11 is 12.2. The number of aromatic nitrogens is 2. The van der Waals surface area contributed by atoms with E-state index in [2.05, 4.69) is 22.2 Å². The van der Waals surface area contributed by atoms with Gasteiger partial charge in [0.05, 0.1) is 21.3 Å². The van der Waals surface area contributed by atoms with Gasteiger partial charge in [-0.25, -0.2) is 9.97 Å². The standard InChI is InChI=1S/C17H18Cl2N4O/c1-11-5-7-23(8-6-11)16(24)12-9-20-17(21-10-12)22-15-13(18)3-2-4-14(15)19/h2-4,9-11H,5-8H2,1H3,(H,20,21,22). The van der Waals surface area contributed by atoms with Crippen LogP contribution in [0.15, 0.2) is 30.6 Å². The highest BCUT2D eigenvalue weighted by molar-refractivity contribution is 6.39. The number of benzene rings is 1. The number of piperidine rings is 1. The molecule has 0 saturated carbocycles. The van der Waals surface area contributed by atoms with Crippen molar-refractivity contribution < 1.29 is 4.79 Å². The van der Waals surface area contributed by atoms with E-state index in [4.69, 9.17) is 23.2 Å². The van der Waals surface area contributed by atoms with Gasteiger partial charge in [-0.1, -0.05) is 36.2 Å². The molecule has 126 valence electrons. The number of hydrogen-bond acceptors (Lipinski definition) is 4. The second-order valence-electron chi connectivity index (χ2n) is 5.99. The van der Waals surface area contributed by atoms with Crippen molar-refractivity contribution in [3.05, 3.63) is 46.2 Å². The van der Waals surface area contributed by atoms with Crippen LogP contribution in [0.2, 0.25) is 10.0 Å². The Bertz CT molecular complexity index is 708. The van der Waals surface area contributed by atoms with Crippen LogP contribution in [0.1, 0.15) is 30.1 Å². The number of nitrogens with one attached hydrogen (secondary N) is 1. The van der Waals surface area contributed by atoms with Crippen molar-refractivity contribution in [3.8, 4) is 0 Å². The summed E-state index contributed by atoms with van der Waals surface area (Å²) in [5.41, 5.74) is 1.03. The molecule has 1 N–H and O–H groups in total. The predicted molar refractivity (Wildman–Crippen MR) is 96.1 cm³/mol. The number of carbonyl (C=O) groups is 1. The summed E-state index contributed by atoms with van der Waals surface area (Å²) in [6.07, 6.45) is 5.13. The summed E-state index contributed by atoms with van der Waals surface area (Å²) in [6, 6.07) is 5.22. The van der Waals surface area contributed by atoms with E-state index < -0.39 is 0 Å². The summed E-state index contributed by atoms with van der Waals surface area (Å²) in [7, 11) is 0. The highest BCUT2D eigenvalue weighted by atomic mass is 35.5. The Kier molecular flexibility index (Phi) is 5.21. The lowest BCUT2D eigenvalue weighted by Gasteiger charge is -2.30. The molecule has 2 aromatic rings. The van der Waals surface area contributed by atoms with Crippen molar-refractivity contribution in [2.75, 3.05) is 18.4 Å². The monoisotopic (exact) mass is 364 g/mol. The van der Waals surface area contributed by atoms with Gasteiger partial charge in [0.25, 0.3) is 5.91 Å². The van der Waals surface area contributed by atoms with Gasteiger partial charge in [0.15, 0.2) is 0 Å². The van der Waals surface area contributed by atoms with Crippen molar-refractivity contribution in [2.45, 2.75) is 19.8 Å². The summed E-state index contributed by atoms with van der Waals surface area (Å²) in [4.78, 5) is 22.7. The topological polar surface area (TPSA) is 58.1 Å². The van der Waals surface area contributed by atoms with Crippen molar-refractivity contribution >= 4 is 40.7 Å². The van der Waals surface area contributed by atoms with E-state index >= 15 is 0 Å². The first-order chi connectivity index (χ1) is 11.5. The smallest absolute Gasteiger partial charge is 0.256 e. The molecule has 1 aliphatic rings. The zero-order chi connectivity index (χ0) is 17.1. The molecule has 2 heterocycles. The summed E-state index contributed by atoms with van der Waals surface area (Å²) in [5, 5.41) is 3.94. The molecular formula is C17H18Cl2N4O. The first-order valence-corrected chi connectivity index (χ1v) is 8.62. The molecular weight excluding hydrogens is 347 g/mol. The van der Waals surface area contributed by atoms with Crippen molar-refractivity contribution in [1.29, 1.82) is 0 Å². The molecule has 1 saturated heterocycles. The van der Waals surface area contributed by atoms with Gasteiger partial charge in [-0.05, 0) is 30.9 Å². The van der Waals surface area contributed by atoms with E-state index in [0.717, 1.165) is 25.9 Å². The SMILES string of the molecule is CC1CCN(C(=O)c2cnc(Nc3c(Cl)cccc3Cl)nc2)CC1. The molecule has 7 heteroatoms. The minimum Gasteiger partial charge on any atom is -0.339 e. The van der Waals surface area contributed by atoms with Gasteiger partial charge in [0.1, 0.15) is 0 Å². The van der Waals surface area contributed by atoms with Crippen LogP contribution in [-0.2, 0) is 0 Å². The van der Waals surface area contributed by atoms with E-state index in [1.165, 1.54) is 12.4 Å². The Balaban J connectivity index is 1.70. The molecule has 3 rings (SSSR count). The van der Waals surface area contributed by atoms with Gasteiger partial charge in [-0.2, -0.15) is 0 Å². The fraction of sp³-hybridized carbons (Fsp3) is 0.353. The fourth-order valence-electron chi connectivity index (χ4n) is 2.63. The van der Waals surface area contributed by atoms with Crippen LogP contribution >= 0.6 is 23.2 Å². The number of halogens is 2. The first-order valence-electron chi connectivity index (χ1n) is 7.87. The lowest BCUT2D eigenvalue weighted by molar-refractivity contribution is 0.0696. The largest absolute Gasteiger partial charge is 0.339 e. The van der Waals surface area contributed by atoms with E-state index in [-0.39, 0.29) is 5.91 Å². The molecule has 0 radical (unpaired) electrons. The molecule has 0 spiro atoms. The summed E-state index contributed by atoms with van der Waals surface area (Å²) in [6.45, 7) is 3.79.